The number of amides is 1. The molecule has 2 aromatic rings. The molecule has 1 aromatic carbocycles. The van der Waals surface area contributed by atoms with Crippen molar-refractivity contribution in [1.29, 1.82) is 0 Å². The van der Waals surface area contributed by atoms with Gasteiger partial charge in [0.1, 0.15) is 11.6 Å². The molecule has 0 atom stereocenters. The van der Waals surface area contributed by atoms with Crippen molar-refractivity contribution >= 4 is 11.7 Å². The summed E-state index contributed by atoms with van der Waals surface area (Å²) in [6.07, 6.45) is 2.33. The van der Waals surface area contributed by atoms with Gasteiger partial charge in [-0.05, 0) is 50.3 Å². The molecule has 2 N–H and O–H groups in total. The second kappa shape index (κ2) is 8.98. The van der Waals surface area contributed by atoms with Crippen LogP contribution >= 0.6 is 0 Å². The minimum atomic E-state index is -0.229. The topological polar surface area (TPSA) is 57.3 Å². The molecule has 2 rings (SSSR count). The van der Waals surface area contributed by atoms with Crippen molar-refractivity contribution in [3.8, 4) is 0 Å². The standard InChI is InChI=1S/C18H23FN4O/c1-23(2)12-11-21-18(24)15-5-8-17(22-13-15)20-10-9-14-3-6-16(19)7-4-14/h3-8,13H,9-12H2,1-2H3,(H,20,22)(H,21,24). The maximum absolute atomic E-state index is 12.8. The summed E-state index contributed by atoms with van der Waals surface area (Å²) in [5.41, 5.74) is 1.60. The molecule has 24 heavy (non-hydrogen) atoms. The molecule has 0 aliphatic carbocycles. The van der Waals surface area contributed by atoms with E-state index in [2.05, 4.69) is 15.6 Å². The number of hydrogen-bond acceptors (Lipinski definition) is 4. The summed E-state index contributed by atoms with van der Waals surface area (Å²) >= 11 is 0. The molecule has 1 amide bonds. The third-order valence-corrected chi connectivity index (χ3v) is 3.50. The number of hydrogen-bond donors (Lipinski definition) is 2. The smallest absolute Gasteiger partial charge is 0.252 e. The third kappa shape index (κ3) is 5.96. The summed E-state index contributed by atoms with van der Waals surface area (Å²) in [6, 6.07) is 9.98. The van der Waals surface area contributed by atoms with Gasteiger partial charge in [-0.3, -0.25) is 4.79 Å². The predicted molar refractivity (Wildman–Crippen MR) is 93.7 cm³/mol. The molecule has 0 unspecified atom stereocenters. The van der Waals surface area contributed by atoms with E-state index in [-0.39, 0.29) is 11.7 Å². The minimum Gasteiger partial charge on any atom is -0.370 e. The Kier molecular flexibility index (Phi) is 6.69. The van der Waals surface area contributed by atoms with E-state index < -0.39 is 0 Å². The summed E-state index contributed by atoms with van der Waals surface area (Å²) in [7, 11) is 3.92. The first-order valence-corrected chi connectivity index (χ1v) is 7.92. The Morgan fingerprint density at radius 1 is 1.12 bits per heavy atom. The number of nitrogens with one attached hydrogen (secondary N) is 2. The predicted octanol–water partition coefficient (Wildman–Crippen LogP) is 2.17. The normalized spacial score (nSPS) is 10.7. The zero-order valence-electron chi connectivity index (χ0n) is 14.1. The van der Waals surface area contributed by atoms with Crippen LogP contribution in [0.25, 0.3) is 0 Å². The van der Waals surface area contributed by atoms with Crippen molar-refractivity contribution < 1.29 is 9.18 Å². The Hall–Kier alpha value is -2.47. The van der Waals surface area contributed by atoms with E-state index in [0.29, 0.717) is 24.5 Å². The molecule has 0 aliphatic heterocycles. The van der Waals surface area contributed by atoms with Crippen LogP contribution < -0.4 is 10.6 Å². The van der Waals surface area contributed by atoms with Crippen LogP contribution in [0, 0.1) is 5.82 Å². The summed E-state index contributed by atoms with van der Waals surface area (Å²) in [4.78, 5) is 18.2. The lowest BCUT2D eigenvalue weighted by molar-refractivity contribution is 0.0950. The van der Waals surface area contributed by atoms with Crippen LogP contribution in [0.5, 0.6) is 0 Å². The highest BCUT2D eigenvalue weighted by Gasteiger charge is 2.05. The van der Waals surface area contributed by atoms with E-state index in [1.54, 1.807) is 30.5 Å². The maximum Gasteiger partial charge on any atom is 0.252 e. The number of aromatic nitrogens is 1. The number of pyridine rings is 1. The SMILES string of the molecule is CN(C)CCNC(=O)c1ccc(NCCc2ccc(F)cc2)nc1. The Morgan fingerprint density at radius 3 is 2.50 bits per heavy atom. The molecule has 1 heterocycles. The molecule has 0 bridgehead atoms. The molecule has 1 aromatic heterocycles. The van der Waals surface area contributed by atoms with Crippen molar-refractivity contribution in [2.45, 2.75) is 6.42 Å². The lowest BCUT2D eigenvalue weighted by atomic mass is 10.1. The average Bonchev–Trinajstić information content (AvgIpc) is 2.57. The number of carbonyl (C=O) groups is 1. The van der Waals surface area contributed by atoms with Gasteiger partial charge in [0, 0.05) is 25.8 Å². The molecule has 0 spiro atoms. The first kappa shape index (κ1) is 17.9. The van der Waals surface area contributed by atoms with Gasteiger partial charge in [0.2, 0.25) is 0 Å². The quantitative estimate of drug-likeness (QED) is 0.779. The highest BCUT2D eigenvalue weighted by atomic mass is 19.1. The lowest BCUT2D eigenvalue weighted by Gasteiger charge is -2.10. The molecule has 0 aliphatic rings. The van der Waals surface area contributed by atoms with Gasteiger partial charge in [-0.1, -0.05) is 12.1 Å². The van der Waals surface area contributed by atoms with Crippen LogP contribution in [-0.2, 0) is 6.42 Å². The van der Waals surface area contributed by atoms with Crippen LogP contribution in [0.3, 0.4) is 0 Å². The van der Waals surface area contributed by atoms with Crippen molar-refractivity contribution in [2.24, 2.45) is 0 Å². The molecule has 0 saturated heterocycles. The maximum atomic E-state index is 12.8. The Morgan fingerprint density at radius 2 is 1.88 bits per heavy atom. The number of anilines is 1. The van der Waals surface area contributed by atoms with Crippen molar-refractivity contribution in [3.05, 3.63) is 59.5 Å². The van der Waals surface area contributed by atoms with E-state index in [0.717, 1.165) is 18.5 Å². The Bertz CT molecular complexity index is 641. The van der Waals surface area contributed by atoms with Gasteiger partial charge in [-0.15, -0.1) is 0 Å². The largest absolute Gasteiger partial charge is 0.370 e. The van der Waals surface area contributed by atoms with E-state index >= 15 is 0 Å². The fourth-order valence-corrected chi connectivity index (χ4v) is 2.11. The molecule has 5 nitrogen and oxygen atoms in total. The lowest BCUT2D eigenvalue weighted by Crippen LogP contribution is -2.31. The molecule has 0 fully saturated rings. The van der Waals surface area contributed by atoms with E-state index in [1.165, 1.54) is 12.1 Å². The van der Waals surface area contributed by atoms with Crippen LogP contribution in [0.2, 0.25) is 0 Å². The number of nitrogens with zero attached hydrogens (tertiary/aromatic N) is 2. The van der Waals surface area contributed by atoms with Crippen molar-refractivity contribution in [1.82, 2.24) is 15.2 Å². The Balaban J connectivity index is 1.77. The molecular formula is C18H23FN4O. The summed E-state index contributed by atoms with van der Waals surface area (Å²) in [6.45, 7) is 2.08. The first-order chi connectivity index (χ1) is 11.5. The van der Waals surface area contributed by atoms with Crippen molar-refractivity contribution in [2.75, 3.05) is 39.0 Å². The highest BCUT2D eigenvalue weighted by molar-refractivity contribution is 5.94. The Labute approximate surface area is 141 Å². The van der Waals surface area contributed by atoms with Gasteiger partial charge in [0.05, 0.1) is 5.56 Å². The summed E-state index contributed by atoms with van der Waals surface area (Å²) in [5.74, 6) is 0.358. The first-order valence-electron chi connectivity index (χ1n) is 7.92. The molecule has 0 saturated carbocycles. The van der Waals surface area contributed by atoms with Gasteiger partial charge in [-0.25, -0.2) is 9.37 Å². The van der Waals surface area contributed by atoms with Gasteiger partial charge < -0.3 is 15.5 Å². The van der Waals surface area contributed by atoms with Gasteiger partial charge >= 0.3 is 0 Å². The zero-order valence-corrected chi connectivity index (χ0v) is 14.1. The molecule has 128 valence electrons. The van der Waals surface area contributed by atoms with Crippen LogP contribution in [0.1, 0.15) is 15.9 Å². The van der Waals surface area contributed by atoms with Gasteiger partial charge in [0.25, 0.3) is 5.91 Å². The van der Waals surface area contributed by atoms with Gasteiger partial charge in [-0.2, -0.15) is 0 Å². The fourth-order valence-electron chi connectivity index (χ4n) is 2.11. The van der Waals surface area contributed by atoms with Crippen molar-refractivity contribution in [3.63, 3.8) is 0 Å². The van der Waals surface area contributed by atoms with E-state index in [9.17, 15) is 9.18 Å². The molecular weight excluding hydrogens is 307 g/mol. The van der Waals surface area contributed by atoms with Crippen LogP contribution in [0.4, 0.5) is 10.2 Å². The minimum absolute atomic E-state index is 0.123. The fraction of sp³-hybridized carbons (Fsp3) is 0.333. The number of rotatable bonds is 8. The second-order valence-electron chi connectivity index (χ2n) is 5.79. The number of halogens is 1. The highest BCUT2D eigenvalue weighted by Crippen LogP contribution is 2.07. The molecule has 6 heteroatoms. The van der Waals surface area contributed by atoms with Gasteiger partial charge in [0.15, 0.2) is 0 Å². The zero-order chi connectivity index (χ0) is 17.4. The monoisotopic (exact) mass is 330 g/mol. The molecule has 0 radical (unpaired) electrons. The number of benzene rings is 1. The number of carbonyl (C=O) groups excluding carboxylic acids is 1. The van der Waals surface area contributed by atoms with Crippen LogP contribution in [-0.4, -0.2) is 49.5 Å². The average molecular weight is 330 g/mol. The van der Waals surface area contributed by atoms with E-state index in [4.69, 9.17) is 0 Å². The third-order valence-electron chi connectivity index (χ3n) is 3.50. The second-order valence-corrected chi connectivity index (χ2v) is 5.79. The summed E-state index contributed by atoms with van der Waals surface area (Å²) in [5, 5.41) is 6.04. The van der Waals surface area contributed by atoms with E-state index in [1.807, 2.05) is 19.0 Å². The summed E-state index contributed by atoms with van der Waals surface area (Å²) < 4.78 is 12.8. The number of likely N-dealkylation sites (N-methyl/N-ethyl adjacent to an activating group) is 1. The van der Waals surface area contributed by atoms with Crippen LogP contribution in [0.15, 0.2) is 42.6 Å².